The zero-order chi connectivity index (χ0) is 13.5. The van der Waals surface area contributed by atoms with Crippen LogP contribution in [0, 0.1) is 0 Å². The van der Waals surface area contributed by atoms with E-state index in [1.807, 2.05) is 48.1 Å². The number of aromatic nitrogens is 4. The number of hydrogen-bond acceptors (Lipinski definition) is 4. The van der Waals surface area contributed by atoms with E-state index < -0.39 is 0 Å². The van der Waals surface area contributed by atoms with Gasteiger partial charge in [-0.2, -0.15) is 5.10 Å². The van der Waals surface area contributed by atoms with Crippen molar-refractivity contribution >= 4 is 21.9 Å². The number of nitrogens with zero attached hydrogens (tertiary/aromatic N) is 4. The lowest BCUT2D eigenvalue weighted by Gasteiger charge is -1.97. The summed E-state index contributed by atoms with van der Waals surface area (Å²) >= 11 is 0. The summed E-state index contributed by atoms with van der Waals surface area (Å²) in [5, 5.41) is 10.4. The standard InChI is InChI=1S/C15H12N4O/c1-2-19-15-12(9-17-19)13-11(8-16-15)14(20-18-13)10-6-4-3-5-7-10/h3-9H,2H2,1H3. The molecule has 0 aliphatic rings. The van der Waals surface area contributed by atoms with Crippen LogP contribution in [0.25, 0.3) is 33.3 Å². The topological polar surface area (TPSA) is 56.7 Å². The third-order valence-corrected chi connectivity index (χ3v) is 3.45. The Balaban J connectivity index is 2.03. The van der Waals surface area contributed by atoms with Crippen LogP contribution in [-0.2, 0) is 6.54 Å². The summed E-state index contributed by atoms with van der Waals surface area (Å²) in [5.74, 6) is 0.749. The van der Waals surface area contributed by atoms with Gasteiger partial charge in [0.2, 0.25) is 0 Å². The molecule has 1 aromatic carbocycles. The van der Waals surface area contributed by atoms with Crippen molar-refractivity contribution in [2.45, 2.75) is 13.5 Å². The Morgan fingerprint density at radius 1 is 1.10 bits per heavy atom. The zero-order valence-corrected chi connectivity index (χ0v) is 10.9. The molecule has 0 bridgehead atoms. The molecule has 5 heteroatoms. The molecule has 0 N–H and O–H groups in total. The predicted octanol–water partition coefficient (Wildman–Crippen LogP) is 3.26. The van der Waals surface area contributed by atoms with E-state index in [4.69, 9.17) is 4.52 Å². The fraction of sp³-hybridized carbons (Fsp3) is 0.133. The van der Waals surface area contributed by atoms with Gasteiger partial charge in [-0.25, -0.2) is 9.67 Å². The minimum Gasteiger partial charge on any atom is -0.355 e. The summed E-state index contributed by atoms with van der Waals surface area (Å²) in [5.41, 5.74) is 2.65. The highest BCUT2D eigenvalue weighted by Crippen LogP contribution is 2.31. The van der Waals surface area contributed by atoms with Crippen LogP contribution >= 0.6 is 0 Å². The molecule has 0 fully saturated rings. The molecule has 4 rings (SSSR count). The van der Waals surface area contributed by atoms with Crippen LogP contribution in [0.2, 0.25) is 0 Å². The molecular formula is C15H12N4O. The maximum Gasteiger partial charge on any atom is 0.176 e. The lowest BCUT2D eigenvalue weighted by atomic mass is 10.1. The van der Waals surface area contributed by atoms with E-state index >= 15 is 0 Å². The Hall–Kier alpha value is -2.69. The van der Waals surface area contributed by atoms with Crippen molar-refractivity contribution in [2.24, 2.45) is 0 Å². The summed E-state index contributed by atoms with van der Waals surface area (Å²) < 4.78 is 7.38. The van der Waals surface area contributed by atoms with Gasteiger partial charge in [0, 0.05) is 18.3 Å². The van der Waals surface area contributed by atoms with Gasteiger partial charge in [0.05, 0.1) is 17.0 Å². The molecule has 98 valence electrons. The van der Waals surface area contributed by atoms with Crippen LogP contribution in [0.4, 0.5) is 0 Å². The fourth-order valence-electron chi connectivity index (χ4n) is 2.45. The summed E-state index contributed by atoms with van der Waals surface area (Å²) in [6.07, 6.45) is 3.61. The van der Waals surface area contributed by atoms with E-state index in [0.717, 1.165) is 39.8 Å². The lowest BCUT2D eigenvalue weighted by Crippen LogP contribution is -1.96. The number of rotatable bonds is 2. The molecule has 3 heterocycles. The van der Waals surface area contributed by atoms with Crippen molar-refractivity contribution in [3.63, 3.8) is 0 Å². The average Bonchev–Trinajstić information content (AvgIpc) is 3.11. The molecule has 0 spiro atoms. The summed E-state index contributed by atoms with van der Waals surface area (Å²) in [6, 6.07) is 9.93. The van der Waals surface area contributed by atoms with Crippen LogP contribution in [0.3, 0.4) is 0 Å². The van der Waals surface area contributed by atoms with E-state index in [1.165, 1.54) is 0 Å². The molecule has 4 aromatic rings. The summed E-state index contributed by atoms with van der Waals surface area (Å²) in [4.78, 5) is 4.50. The lowest BCUT2D eigenvalue weighted by molar-refractivity contribution is 0.441. The first-order chi connectivity index (χ1) is 9.88. The Morgan fingerprint density at radius 3 is 2.75 bits per heavy atom. The molecule has 0 aliphatic carbocycles. The molecular weight excluding hydrogens is 252 g/mol. The quantitative estimate of drug-likeness (QED) is 0.557. The number of aryl methyl sites for hydroxylation is 1. The first kappa shape index (κ1) is 11.2. The molecule has 0 atom stereocenters. The first-order valence-electron chi connectivity index (χ1n) is 6.54. The van der Waals surface area contributed by atoms with Gasteiger partial charge >= 0.3 is 0 Å². The van der Waals surface area contributed by atoms with Crippen molar-refractivity contribution in [1.29, 1.82) is 0 Å². The van der Waals surface area contributed by atoms with Crippen LogP contribution in [0.1, 0.15) is 6.92 Å². The Labute approximate surface area is 114 Å². The van der Waals surface area contributed by atoms with Crippen LogP contribution in [0.15, 0.2) is 47.2 Å². The van der Waals surface area contributed by atoms with Crippen molar-refractivity contribution in [1.82, 2.24) is 19.9 Å². The maximum absolute atomic E-state index is 5.53. The second-order valence-corrected chi connectivity index (χ2v) is 4.60. The highest BCUT2D eigenvalue weighted by Gasteiger charge is 2.15. The smallest absolute Gasteiger partial charge is 0.176 e. The number of pyridine rings is 1. The van der Waals surface area contributed by atoms with Crippen molar-refractivity contribution in [3.8, 4) is 11.3 Å². The normalized spacial score (nSPS) is 11.4. The number of hydrogen-bond donors (Lipinski definition) is 0. The summed E-state index contributed by atoms with van der Waals surface area (Å²) in [6.45, 7) is 2.82. The zero-order valence-electron chi connectivity index (χ0n) is 10.9. The second-order valence-electron chi connectivity index (χ2n) is 4.60. The van der Waals surface area contributed by atoms with E-state index in [1.54, 1.807) is 6.20 Å². The summed E-state index contributed by atoms with van der Waals surface area (Å²) in [7, 11) is 0. The van der Waals surface area contributed by atoms with Gasteiger partial charge < -0.3 is 4.52 Å². The minimum absolute atomic E-state index is 0.749. The highest BCUT2D eigenvalue weighted by atomic mass is 16.5. The third kappa shape index (κ3) is 1.46. The highest BCUT2D eigenvalue weighted by molar-refractivity contribution is 6.05. The molecule has 20 heavy (non-hydrogen) atoms. The molecule has 0 saturated heterocycles. The number of benzene rings is 1. The van der Waals surface area contributed by atoms with Gasteiger partial charge in [0.15, 0.2) is 11.4 Å². The van der Waals surface area contributed by atoms with Gasteiger partial charge in [-0.3, -0.25) is 0 Å². The monoisotopic (exact) mass is 264 g/mol. The van der Waals surface area contributed by atoms with Crippen LogP contribution in [0.5, 0.6) is 0 Å². The van der Waals surface area contributed by atoms with E-state index in [2.05, 4.69) is 15.2 Å². The van der Waals surface area contributed by atoms with Crippen molar-refractivity contribution < 1.29 is 4.52 Å². The van der Waals surface area contributed by atoms with E-state index in [9.17, 15) is 0 Å². The minimum atomic E-state index is 0.749. The largest absolute Gasteiger partial charge is 0.355 e. The van der Waals surface area contributed by atoms with Crippen molar-refractivity contribution in [3.05, 3.63) is 42.7 Å². The maximum atomic E-state index is 5.53. The van der Waals surface area contributed by atoms with Gasteiger partial charge in [-0.15, -0.1) is 0 Å². The first-order valence-corrected chi connectivity index (χ1v) is 6.54. The molecule has 5 nitrogen and oxygen atoms in total. The van der Waals surface area contributed by atoms with Crippen LogP contribution < -0.4 is 0 Å². The van der Waals surface area contributed by atoms with E-state index in [0.29, 0.717) is 0 Å². The molecule has 0 radical (unpaired) electrons. The molecule has 3 aromatic heterocycles. The molecule has 0 saturated carbocycles. The molecule has 0 amide bonds. The van der Waals surface area contributed by atoms with Gasteiger partial charge in [0.25, 0.3) is 0 Å². The number of fused-ring (bicyclic) bond motifs is 3. The van der Waals surface area contributed by atoms with Crippen molar-refractivity contribution in [2.75, 3.05) is 0 Å². The fourth-order valence-corrected chi connectivity index (χ4v) is 2.45. The van der Waals surface area contributed by atoms with Crippen LogP contribution in [-0.4, -0.2) is 19.9 Å². The van der Waals surface area contributed by atoms with Gasteiger partial charge in [0.1, 0.15) is 5.52 Å². The van der Waals surface area contributed by atoms with E-state index in [-0.39, 0.29) is 0 Å². The second kappa shape index (κ2) is 4.16. The molecule has 0 unspecified atom stereocenters. The Morgan fingerprint density at radius 2 is 1.95 bits per heavy atom. The van der Waals surface area contributed by atoms with Gasteiger partial charge in [-0.05, 0) is 6.92 Å². The SMILES string of the molecule is CCn1ncc2c3noc(-c4ccccc4)c3cnc21. The Kier molecular flexibility index (Phi) is 2.32. The third-order valence-electron chi connectivity index (χ3n) is 3.45. The average molecular weight is 264 g/mol. The Bertz CT molecular complexity index is 892. The predicted molar refractivity (Wildman–Crippen MR) is 76.2 cm³/mol. The van der Waals surface area contributed by atoms with Gasteiger partial charge in [-0.1, -0.05) is 35.5 Å². The molecule has 0 aliphatic heterocycles.